The minimum atomic E-state index is -0.221. The lowest BCUT2D eigenvalue weighted by Crippen LogP contribution is -2.19. The Kier molecular flexibility index (Phi) is 5.51. The van der Waals surface area contributed by atoms with Gasteiger partial charge in [-0.05, 0) is 43.1 Å². The van der Waals surface area contributed by atoms with Gasteiger partial charge in [0.25, 0.3) is 0 Å². The van der Waals surface area contributed by atoms with Crippen LogP contribution in [0.2, 0.25) is 0 Å². The quantitative estimate of drug-likeness (QED) is 0.842. The number of nitrogens with zero attached hydrogens (tertiary/aromatic N) is 2. The molecule has 0 aliphatic rings. The van der Waals surface area contributed by atoms with Crippen LogP contribution in [0, 0.1) is 11.7 Å². The van der Waals surface area contributed by atoms with Gasteiger partial charge in [-0.1, -0.05) is 27.2 Å². The molecule has 2 aromatic rings. The second-order valence-electron chi connectivity index (χ2n) is 5.78. The van der Waals surface area contributed by atoms with Crippen LogP contribution in [0.3, 0.4) is 0 Å². The summed E-state index contributed by atoms with van der Waals surface area (Å²) in [5.41, 5.74) is 3.34. The fourth-order valence-electron chi connectivity index (χ4n) is 2.36. The average Bonchev–Trinajstić information content (AvgIpc) is 2.83. The van der Waals surface area contributed by atoms with E-state index < -0.39 is 0 Å². The van der Waals surface area contributed by atoms with Crippen molar-refractivity contribution in [2.75, 3.05) is 6.54 Å². The summed E-state index contributed by atoms with van der Waals surface area (Å²) < 4.78 is 15.0. The van der Waals surface area contributed by atoms with E-state index in [0.717, 1.165) is 31.6 Å². The Bertz CT molecular complexity index is 558. The molecule has 0 atom stereocenters. The van der Waals surface area contributed by atoms with E-state index in [0.29, 0.717) is 5.92 Å². The summed E-state index contributed by atoms with van der Waals surface area (Å²) in [6.45, 7) is 8.37. The van der Waals surface area contributed by atoms with Crippen molar-refractivity contribution >= 4 is 0 Å². The predicted molar refractivity (Wildman–Crippen MR) is 84.1 cm³/mol. The van der Waals surface area contributed by atoms with E-state index in [1.165, 1.54) is 23.4 Å². The zero-order chi connectivity index (χ0) is 15.2. The van der Waals surface area contributed by atoms with Crippen LogP contribution < -0.4 is 5.32 Å². The molecule has 1 aromatic carbocycles. The summed E-state index contributed by atoms with van der Waals surface area (Å²) in [7, 11) is 0. The van der Waals surface area contributed by atoms with Crippen LogP contribution in [-0.2, 0) is 13.0 Å². The third kappa shape index (κ3) is 4.14. The van der Waals surface area contributed by atoms with Crippen LogP contribution in [-0.4, -0.2) is 16.3 Å². The van der Waals surface area contributed by atoms with Gasteiger partial charge in [-0.25, -0.2) is 9.07 Å². The van der Waals surface area contributed by atoms with Gasteiger partial charge in [-0.2, -0.15) is 5.10 Å². The van der Waals surface area contributed by atoms with Gasteiger partial charge in [-0.3, -0.25) is 0 Å². The smallest absolute Gasteiger partial charge is 0.123 e. The van der Waals surface area contributed by atoms with Crippen molar-refractivity contribution in [2.24, 2.45) is 5.92 Å². The van der Waals surface area contributed by atoms with Gasteiger partial charge in [-0.15, -0.1) is 0 Å². The van der Waals surface area contributed by atoms with Gasteiger partial charge in [0.15, 0.2) is 0 Å². The number of hydrogen-bond acceptors (Lipinski definition) is 2. The molecule has 0 aliphatic heterocycles. The molecular weight excluding hydrogens is 265 g/mol. The third-order valence-corrected chi connectivity index (χ3v) is 3.38. The van der Waals surface area contributed by atoms with Crippen LogP contribution in [0.1, 0.15) is 38.4 Å². The van der Waals surface area contributed by atoms with E-state index >= 15 is 0 Å². The molecule has 0 radical (unpaired) electrons. The number of aromatic nitrogens is 2. The van der Waals surface area contributed by atoms with Crippen molar-refractivity contribution in [3.8, 4) is 5.69 Å². The van der Waals surface area contributed by atoms with Crippen molar-refractivity contribution in [2.45, 2.75) is 40.2 Å². The molecule has 0 spiro atoms. The van der Waals surface area contributed by atoms with Crippen LogP contribution in [0.25, 0.3) is 5.69 Å². The molecule has 0 bridgehead atoms. The summed E-state index contributed by atoms with van der Waals surface area (Å²) in [6.07, 6.45) is 3.95. The zero-order valence-electron chi connectivity index (χ0n) is 13.1. The van der Waals surface area contributed by atoms with Crippen LogP contribution >= 0.6 is 0 Å². The van der Waals surface area contributed by atoms with E-state index in [1.54, 1.807) is 12.1 Å². The summed E-state index contributed by atoms with van der Waals surface area (Å²) >= 11 is 0. The van der Waals surface area contributed by atoms with Gasteiger partial charge in [0.1, 0.15) is 5.82 Å². The van der Waals surface area contributed by atoms with Crippen molar-refractivity contribution in [1.29, 1.82) is 0 Å². The summed E-state index contributed by atoms with van der Waals surface area (Å²) in [4.78, 5) is 0. The standard InChI is InChI=1S/C17H24FN3/c1-4-5-17-14(11-19-10-13(2)3)12-20-21(17)16-8-6-15(18)7-9-16/h6-9,12-13,19H,4-5,10-11H2,1-3H3. The first-order valence-electron chi connectivity index (χ1n) is 7.64. The van der Waals surface area contributed by atoms with Crippen LogP contribution in [0.5, 0.6) is 0 Å². The van der Waals surface area contributed by atoms with Gasteiger partial charge in [0, 0.05) is 17.8 Å². The molecule has 0 saturated heterocycles. The Morgan fingerprint density at radius 2 is 1.95 bits per heavy atom. The van der Waals surface area contributed by atoms with Crippen molar-refractivity contribution in [3.05, 3.63) is 47.5 Å². The van der Waals surface area contributed by atoms with E-state index in [2.05, 4.69) is 31.2 Å². The molecule has 0 unspecified atom stereocenters. The van der Waals surface area contributed by atoms with Gasteiger partial charge >= 0.3 is 0 Å². The van der Waals surface area contributed by atoms with E-state index in [1.807, 2.05) is 10.9 Å². The molecule has 0 aliphatic carbocycles. The first-order chi connectivity index (χ1) is 10.1. The molecule has 21 heavy (non-hydrogen) atoms. The molecule has 4 heteroatoms. The van der Waals surface area contributed by atoms with Crippen molar-refractivity contribution in [3.63, 3.8) is 0 Å². The van der Waals surface area contributed by atoms with Gasteiger partial charge in [0.2, 0.25) is 0 Å². The molecular formula is C17H24FN3. The molecule has 3 nitrogen and oxygen atoms in total. The minimum Gasteiger partial charge on any atom is -0.312 e. The van der Waals surface area contributed by atoms with Crippen LogP contribution in [0.15, 0.2) is 30.5 Å². The van der Waals surface area contributed by atoms with Crippen molar-refractivity contribution < 1.29 is 4.39 Å². The maximum absolute atomic E-state index is 13.1. The van der Waals surface area contributed by atoms with Gasteiger partial charge in [0.05, 0.1) is 11.9 Å². The normalized spacial score (nSPS) is 11.3. The molecule has 0 fully saturated rings. The Morgan fingerprint density at radius 1 is 1.24 bits per heavy atom. The first-order valence-corrected chi connectivity index (χ1v) is 7.64. The first kappa shape index (κ1) is 15.7. The lowest BCUT2D eigenvalue weighted by atomic mass is 10.1. The highest BCUT2D eigenvalue weighted by Crippen LogP contribution is 2.17. The largest absolute Gasteiger partial charge is 0.312 e. The lowest BCUT2D eigenvalue weighted by Gasteiger charge is -2.10. The number of benzene rings is 1. The predicted octanol–water partition coefficient (Wildman–Crippen LogP) is 3.71. The number of nitrogens with one attached hydrogen (secondary N) is 1. The minimum absolute atomic E-state index is 0.221. The molecule has 1 heterocycles. The SMILES string of the molecule is CCCc1c(CNCC(C)C)cnn1-c1ccc(F)cc1. The van der Waals surface area contributed by atoms with E-state index in [-0.39, 0.29) is 5.82 Å². The zero-order valence-corrected chi connectivity index (χ0v) is 13.1. The fourth-order valence-corrected chi connectivity index (χ4v) is 2.36. The average molecular weight is 289 g/mol. The van der Waals surface area contributed by atoms with E-state index in [4.69, 9.17) is 0 Å². The highest BCUT2D eigenvalue weighted by atomic mass is 19.1. The monoisotopic (exact) mass is 289 g/mol. The molecule has 114 valence electrons. The lowest BCUT2D eigenvalue weighted by molar-refractivity contribution is 0.550. The molecule has 1 N–H and O–H groups in total. The number of hydrogen-bond donors (Lipinski definition) is 1. The van der Waals surface area contributed by atoms with E-state index in [9.17, 15) is 4.39 Å². The highest BCUT2D eigenvalue weighted by molar-refractivity contribution is 5.35. The van der Waals surface area contributed by atoms with Crippen molar-refractivity contribution in [1.82, 2.24) is 15.1 Å². The summed E-state index contributed by atoms with van der Waals surface area (Å²) in [5.74, 6) is 0.411. The Hall–Kier alpha value is -1.68. The second-order valence-corrected chi connectivity index (χ2v) is 5.78. The van der Waals surface area contributed by atoms with Gasteiger partial charge < -0.3 is 5.32 Å². The Morgan fingerprint density at radius 3 is 2.57 bits per heavy atom. The number of halogens is 1. The molecule has 2 rings (SSSR count). The Balaban J connectivity index is 2.21. The number of rotatable bonds is 7. The maximum Gasteiger partial charge on any atom is 0.123 e. The molecule has 1 aromatic heterocycles. The maximum atomic E-state index is 13.1. The summed E-state index contributed by atoms with van der Waals surface area (Å²) in [6, 6.07) is 6.49. The fraction of sp³-hybridized carbons (Fsp3) is 0.471. The highest BCUT2D eigenvalue weighted by Gasteiger charge is 2.11. The molecule has 0 saturated carbocycles. The molecule has 0 amide bonds. The summed E-state index contributed by atoms with van der Waals surface area (Å²) in [5, 5.41) is 7.95. The third-order valence-electron chi connectivity index (χ3n) is 3.38. The topological polar surface area (TPSA) is 29.9 Å². The van der Waals surface area contributed by atoms with Crippen LogP contribution in [0.4, 0.5) is 4.39 Å². The second kappa shape index (κ2) is 7.36. The Labute approximate surface area is 126 Å².